The summed E-state index contributed by atoms with van der Waals surface area (Å²) in [5, 5.41) is 0. The van der Waals surface area contributed by atoms with Crippen molar-refractivity contribution in [2.75, 3.05) is 7.05 Å². The van der Waals surface area contributed by atoms with E-state index in [2.05, 4.69) is 34.7 Å². The van der Waals surface area contributed by atoms with E-state index in [1.54, 1.807) is 0 Å². The highest BCUT2D eigenvalue weighted by molar-refractivity contribution is 14.1. The van der Waals surface area contributed by atoms with Gasteiger partial charge in [-0.25, -0.2) is 0 Å². The Hall–Kier alpha value is -0.580. The Labute approximate surface area is 122 Å². The van der Waals surface area contributed by atoms with Crippen molar-refractivity contribution in [1.82, 2.24) is 4.90 Å². The molecule has 1 aromatic rings. The summed E-state index contributed by atoms with van der Waals surface area (Å²) in [5.41, 5.74) is 2.15. The minimum absolute atomic E-state index is 0.210. The van der Waals surface area contributed by atoms with Crippen LogP contribution in [-0.2, 0) is 0 Å². The lowest BCUT2D eigenvalue weighted by Crippen LogP contribution is -2.42. The predicted molar refractivity (Wildman–Crippen MR) is 81.0 cm³/mol. The van der Waals surface area contributed by atoms with E-state index in [9.17, 15) is 4.79 Å². The number of carbonyl (C=O) groups is 1. The van der Waals surface area contributed by atoms with Gasteiger partial charge in [0.2, 0.25) is 0 Å². The lowest BCUT2D eigenvalue weighted by molar-refractivity contribution is 0.0637. The maximum atomic E-state index is 12.6. The summed E-state index contributed by atoms with van der Waals surface area (Å²) in [6, 6.07) is 8.58. The highest BCUT2D eigenvalue weighted by atomic mass is 127. The average Bonchev–Trinajstić information content (AvgIpc) is 2.51. The van der Waals surface area contributed by atoms with Gasteiger partial charge >= 0.3 is 0 Å². The van der Waals surface area contributed by atoms with E-state index in [1.807, 2.05) is 24.1 Å². The maximum Gasteiger partial charge on any atom is 0.254 e. The van der Waals surface area contributed by atoms with Gasteiger partial charge in [0, 0.05) is 22.6 Å². The molecule has 3 rings (SSSR count). The van der Waals surface area contributed by atoms with Crippen molar-refractivity contribution in [2.24, 2.45) is 5.92 Å². The molecule has 1 amide bonds. The number of carbonyl (C=O) groups excluding carboxylic acids is 1. The largest absolute Gasteiger partial charge is 0.338 e. The zero-order valence-electron chi connectivity index (χ0n) is 10.6. The maximum absolute atomic E-state index is 12.6. The molecule has 1 fully saturated rings. The Morgan fingerprint density at radius 1 is 1.22 bits per heavy atom. The summed E-state index contributed by atoms with van der Waals surface area (Å²) in [7, 11) is 1.98. The summed E-state index contributed by atoms with van der Waals surface area (Å²) in [6.45, 7) is 0. The topological polar surface area (TPSA) is 20.3 Å². The fourth-order valence-corrected chi connectivity index (χ4v) is 4.85. The molecule has 0 saturated heterocycles. The van der Waals surface area contributed by atoms with E-state index in [4.69, 9.17) is 0 Å². The van der Waals surface area contributed by atoms with Crippen LogP contribution < -0.4 is 0 Å². The first-order valence-corrected chi connectivity index (χ1v) is 7.95. The molecule has 0 bridgehead atoms. The molecule has 18 heavy (non-hydrogen) atoms. The van der Waals surface area contributed by atoms with Crippen LogP contribution in [0.4, 0.5) is 0 Å². The number of halogens is 1. The molecule has 1 aromatic carbocycles. The van der Waals surface area contributed by atoms with Crippen molar-refractivity contribution in [2.45, 2.75) is 35.6 Å². The minimum atomic E-state index is 0.210. The van der Waals surface area contributed by atoms with Gasteiger partial charge in [0.05, 0.1) is 0 Å². The van der Waals surface area contributed by atoms with Gasteiger partial charge in [-0.1, -0.05) is 53.6 Å². The molecule has 0 aromatic heterocycles. The van der Waals surface area contributed by atoms with E-state index in [0.29, 0.717) is 15.9 Å². The Morgan fingerprint density at radius 3 is 2.78 bits per heavy atom. The Kier molecular flexibility index (Phi) is 3.34. The van der Waals surface area contributed by atoms with Gasteiger partial charge in [0.1, 0.15) is 0 Å². The van der Waals surface area contributed by atoms with Gasteiger partial charge in [-0.05, 0) is 30.4 Å². The van der Waals surface area contributed by atoms with Crippen LogP contribution in [0.25, 0.3) is 0 Å². The van der Waals surface area contributed by atoms with E-state index < -0.39 is 0 Å². The highest BCUT2D eigenvalue weighted by Crippen LogP contribution is 2.45. The highest BCUT2D eigenvalue weighted by Gasteiger charge is 2.40. The summed E-state index contributed by atoms with van der Waals surface area (Å²) < 4.78 is 0.470. The van der Waals surface area contributed by atoms with Crippen molar-refractivity contribution in [3.05, 3.63) is 35.4 Å². The quantitative estimate of drug-likeness (QED) is 0.512. The number of hydrogen-bond donors (Lipinski definition) is 0. The molecule has 0 N–H and O–H groups in total. The van der Waals surface area contributed by atoms with Crippen LogP contribution in [0, 0.1) is 5.92 Å². The minimum Gasteiger partial charge on any atom is -0.338 e. The van der Waals surface area contributed by atoms with E-state index in [1.165, 1.54) is 31.2 Å². The number of benzene rings is 1. The summed E-state index contributed by atoms with van der Waals surface area (Å²) in [6.07, 6.45) is 4.99. The van der Waals surface area contributed by atoms with Gasteiger partial charge < -0.3 is 4.90 Å². The SMILES string of the molecule is CN1C(=O)c2ccccc2C(I)C2CCCCC21. The third kappa shape index (κ3) is 1.87. The van der Waals surface area contributed by atoms with Gasteiger partial charge in [0.15, 0.2) is 0 Å². The molecule has 1 aliphatic carbocycles. The number of amides is 1. The number of nitrogens with zero attached hydrogens (tertiary/aromatic N) is 1. The summed E-state index contributed by atoms with van der Waals surface area (Å²) >= 11 is 2.55. The second-order valence-corrected chi connectivity index (χ2v) is 6.76. The molecular formula is C15H18INO. The van der Waals surface area contributed by atoms with Gasteiger partial charge in [-0.3, -0.25) is 4.79 Å². The summed E-state index contributed by atoms with van der Waals surface area (Å²) in [4.78, 5) is 14.6. The van der Waals surface area contributed by atoms with Crippen LogP contribution in [0.2, 0.25) is 0 Å². The molecule has 96 valence electrons. The number of rotatable bonds is 0. The molecular weight excluding hydrogens is 337 g/mol. The molecule has 2 aliphatic rings. The van der Waals surface area contributed by atoms with Gasteiger partial charge in [-0.2, -0.15) is 0 Å². The van der Waals surface area contributed by atoms with E-state index >= 15 is 0 Å². The molecule has 0 radical (unpaired) electrons. The van der Waals surface area contributed by atoms with Crippen LogP contribution in [-0.4, -0.2) is 23.9 Å². The van der Waals surface area contributed by atoms with Gasteiger partial charge in [-0.15, -0.1) is 0 Å². The van der Waals surface area contributed by atoms with E-state index in [-0.39, 0.29) is 5.91 Å². The van der Waals surface area contributed by atoms with Crippen LogP contribution in [0.15, 0.2) is 24.3 Å². The van der Waals surface area contributed by atoms with Crippen molar-refractivity contribution in [3.8, 4) is 0 Å². The van der Waals surface area contributed by atoms with E-state index in [0.717, 1.165) is 5.56 Å². The first kappa shape index (κ1) is 12.5. The normalized spacial score (nSPS) is 31.6. The third-order valence-corrected chi connectivity index (χ3v) is 6.06. The summed E-state index contributed by atoms with van der Waals surface area (Å²) in [5.74, 6) is 0.832. The van der Waals surface area contributed by atoms with Crippen LogP contribution in [0.5, 0.6) is 0 Å². The van der Waals surface area contributed by atoms with Crippen molar-refractivity contribution in [1.29, 1.82) is 0 Å². The molecule has 0 spiro atoms. The van der Waals surface area contributed by atoms with Crippen molar-refractivity contribution in [3.63, 3.8) is 0 Å². The van der Waals surface area contributed by atoms with Gasteiger partial charge in [0.25, 0.3) is 5.91 Å². The lowest BCUT2D eigenvalue weighted by atomic mass is 9.81. The number of alkyl halides is 1. The lowest BCUT2D eigenvalue weighted by Gasteiger charge is -2.37. The zero-order valence-corrected chi connectivity index (χ0v) is 12.8. The smallest absolute Gasteiger partial charge is 0.254 e. The second-order valence-electron chi connectivity index (χ2n) is 5.42. The predicted octanol–water partition coefficient (Wildman–Crippen LogP) is 3.81. The first-order valence-electron chi connectivity index (χ1n) is 6.70. The third-order valence-electron chi connectivity index (χ3n) is 4.46. The molecule has 3 atom stereocenters. The fraction of sp³-hybridized carbons (Fsp3) is 0.533. The Balaban J connectivity index is 2.10. The zero-order chi connectivity index (χ0) is 12.7. The molecule has 1 saturated carbocycles. The Bertz CT molecular complexity index is 473. The van der Waals surface area contributed by atoms with Crippen molar-refractivity contribution >= 4 is 28.5 Å². The molecule has 1 aliphatic heterocycles. The number of hydrogen-bond acceptors (Lipinski definition) is 1. The average molecular weight is 355 g/mol. The second kappa shape index (κ2) is 4.83. The molecule has 2 nitrogen and oxygen atoms in total. The molecule has 3 unspecified atom stereocenters. The monoisotopic (exact) mass is 355 g/mol. The first-order chi connectivity index (χ1) is 8.70. The van der Waals surface area contributed by atoms with Crippen LogP contribution in [0.3, 0.4) is 0 Å². The van der Waals surface area contributed by atoms with Crippen molar-refractivity contribution < 1.29 is 4.79 Å². The molecule has 1 heterocycles. The number of fused-ring (bicyclic) bond motifs is 2. The fourth-order valence-electron chi connectivity index (χ4n) is 3.47. The molecule has 3 heteroatoms. The van der Waals surface area contributed by atoms with Crippen LogP contribution in [0.1, 0.15) is 45.5 Å². The Morgan fingerprint density at radius 2 is 1.94 bits per heavy atom. The van der Waals surface area contributed by atoms with Crippen LogP contribution >= 0.6 is 22.6 Å². The standard InChI is InChI=1S/C15H18INO/c1-17-13-9-5-4-8-12(13)14(16)10-6-2-3-7-11(10)15(17)18/h2-3,6-7,12-14H,4-5,8-9H2,1H3.